The van der Waals surface area contributed by atoms with Gasteiger partial charge in [-0.2, -0.15) is 4.31 Å². The first-order valence-corrected chi connectivity index (χ1v) is 12.7. The van der Waals surface area contributed by atoms with Crippen LogP contribution in [-0.4, -0.2) is 50.4 Å². The maximum Gasteiger partial charge on any atom is 0.292 e. The van der Waals surface area contributed by atoms with Gasteiger partial charge < -0.3 is 10.2 Å². The summed E-state index contributed by atoms with van der Waals surface area (Å²) in [5, 5.41) is 15.2. The van der Waals surface area contributed by atoms with Gasteiger partial charge in [0, 0.05) is 49.5 Å². The summed E-state index contributed by atoms with van der Waals surface area (Å²) in [5.74, 6) is 0. The molecule has 178 valence electrons. The van der Waals surface area contributed by atoms with Crippen LogP contribution in [0.5, 0.6) is 0 Å². The zero-order valence-electron chi connectivity index (χ0n) is 18.4. The Balaban J connectivity index is 1.43. The smallest absolute Gasteiger partial charge is 0.292 e. The molecule has 1 aliphatic heterocycles. The van der Waals surface area contributed by atoms with E-state index in [2.05, 4.69) is 5.32 Å². The molecule has 10 heteroatoms. The summed E-state index contributed by atoms with van der Waals surface area (Å²) in [5.41, 5.74) is 2.43. The number of nitrogens with zero attached hydrogens (tertiary/aromatic N) is 3. The van der Waals surface area contributed by atoms with Crippen molar-refractivity contribution < 1.29 is 13.3 Å². The summed E-state index contributed by atoms with van der Waals surface area (Å²) in [6, 6.07) is 21.0. The summed E-state index contributed by atoms with van der Waals surface area (Å²) in [6.07, 6.45) is 0.740. The van der Waals surface area contributed by atoms with E-state index < -0.39 is 14.9 Å². The highest BCUT2D eigenvalue weighted by Gasteiger charge is 2.29. The van der Waals surface area contributed by atoms with E-state index in [0.717, 1.165) is 17.7 Å². The SMILES string of the molecule is O=[N+]([O-])c1ccc(N2CCN(S(=O)(=O)c3ccc(Cl)cc3)CC2)cc1NCCc1ccccc1. The van der Waals surface area contributed by atoms with Crippen molar-refractivity contribution in [3.63, 3.8) is 0 Å². The molecule has 1 N–H and O–H groups in total. The molecule has 0 radical (unpaired) electrons. The monoisotopic (exact) mass is 500 g/mol. The number of halogens is 1. The first-order valence-electron chi connectivity index (χ1n) is 10.9. The molecule has 0 aliphatic carbocycles. The second-order valence-electron chi connectivity index (χ2n) is 7.97. The molecule has 3 aromatic carbocycles. The van der Waals surface area contributed by atoms with Crippen LogP contribution in [0.3, 0.4) is 0 Å². The fourth-order valence-corrected chi connectivity index (χ4v) is 5.50. The van der Waals surface area contributed by atoms with Crippen LogP contribution < -0.4 is 10.2 Å². The number of hydrogen-bond acceptors (Lipinski definition) is 6. The van der Waals surface area contributed by atoms with Gasteiger partial charge in [0.1, 0.15) is 5.69 Å². The van der Waals surface area contributed by atoms with Crippen molar-refractivity contribution in [2.75, 3.05) is 42.9 Å². The first kappa shape index (κ1) is 24.0. The molecule has 0 unspecified atom stereocenters. The molecule has 0 aromatic heterocycles. The van der Waals surface area contributed by atoms with E-state index in [1.807, 2.05) is 35.2 Å². The highest BCUT2D eigenvalue weighted by Crippen LogP contribution is 2.31. The Hall–Kier alpha value is -3.14. The van der Waals surface area contributed by atoms with Crippen molar-refractivity contribution in [3.8, 4) is 0 Å². The molecule has 1 aliphatic rings. The molecular formula is C24H25ClN4O4S. The van der Waals surface area contributed by atoms with E-state index in [4.69, 9.17) is 11.6 Å². The average Bonchev–Trinajstić information content (AvgIpc) is 2.85. The van der Waals surface area contributed by atoms with Gasteiger partial charge in [-0.3, -0.25) is 10.1 Å². The topological polar surface area (TPSA) is 95.8 Å². The molecular weight excluding hydrogens is 476 g/mol. The first-order chi connectivity index (χ1) is 16.3. The summed E-state index contributed by atoms with van der Waals surface area (Å²) < 4.78 is 27.3. The average molecular weight is 501 g/mol. The van der Waals surface area contributed by atoms with E-state index in [1.54, 1.807) is 24.3 Å². The molecule has 8 nitrogen and oxygen atoms in total. The predicted octanol–water partition coefficient (Wildman–Crippen LogP) is 4.41. The number of piperazine rings is 1. The van der Waals surface area contributed by atoms with Gasteiger partial charge in [-0.1, -0.05) is 41.9 Å². The Bertz CT molecular complexity index is 1250. The third-order valence-corrected chi connectivity index (χ3v) is 7.97. The largest absolute Gasteiger partial charge is 0.379 e. The van der Waals surface area contributed by atoms with Crippen LogP contribution in [0.1, 0.15) is 5.56 Å². The second kappa shape index (κ2) is 10.4. The van der Waals surface area contributed by atoms with Crippen molar-refractivity contribution in [3.05, 3.63) is 93.5 Å². The number of nitro groups is 1. The summed E-state index contributed by atoms with van der Waals surface area (Å²) in [6.45, 7) is 2.15. The van der Waals surface area contributed by atoms with Gasteiger partial charge in [0.25, 0.3) is 5.69 Å². The standard InChI is InChI=1S/C24H25ClN4O4S/c25-20-6-9-22(10-7-20)34(32,33)28-16-14-27(15-17-28)21-8-11-24(29(30)31)23(18-21)26-13-12-19-4-2-1-3-5-19/h1-11,18,26H,12-17H2. The minimum absolute atomic E-state index is 0.0146. The lowest BCUT2D eigenvalue weighted by Crippen LogP contribution is -2.48. The van der Waals surface area contributed by atoms with Gasteiger partial charge in [-0.15, -0.1) is 0 Å². The minimum Gasteiger partial charge on any atom is -0.379 e. The fourth-order valence-electron chi connectivity index (χ4n) is 3.95. The number of hydrogen-bond donors (Lipinski definition) is 1. The zero-order chi connectivity index (χ0) is 24.1. The Kier molecular flexibility index (Phi) is 7.35. The maximum absolute atomic E-state index is 12.9. The van der Waals surface area contributed by atoms with Crippen LogP contribution in [0.4, 0.5) is 17.1 Å². The van der Waals surface area contributed by atoms with Crippen molar-refractivity contribution >= 4 is 38.7 Å². The number of nitrogens with one attached hydrogen (secondary N) is 1. The predicted molar refractivity (Wildman–Crippen MR) is 134 cm³/mol. The summed E-state index contributed by atoms with van der Waals surface area (Å²) in [7, 11) is -3.60. The molecule has 1 fully saturated rings. The Labute approximate surface area is 204 Å². The molecule has 4 rings (SSSR count). The third-order valence-electron chi connectivity index (χ3n) is 5.80. The van der Waals surface area contributed by atoms with Gasteiger partial charge >= 0.3 is 0 Å². The van der Waals surface area contributed by atoms with E-state index in [1.165, 1.54) is 22.5 Å². The molecule has 34 heavy (non-hydrogen) atoms. The summed E-state index contributed by atoms with van der Waals surface area (Å²) >= 11 is 5.88. The summed E-state index contributed by atoms with van der Waals surface area (Å²) in [4.78, 5) is 13.4. The number of nitro benzene ring substituents is 1. The van der Waals surface area contributed by atoms with Crippen molar-refractivity contribution in [1.82, 2.24) is 4.31 Å². The molecule has 0 bridgehead atoms. The fraction of sp³-hybridized carbons (Fsp3) is 0.250. The van der Waals surface area contributed by atoms with Crippen molar-refractivity contribution in [2.45, 2.75) is 11.3 Å². The van der Waals surface area contributed by atoms with Gasteiger partial charge in [-0.05, 0) is 48.4 Å². The van der Waals surface area contributed by atoms with Crippen LogP contribution in [0.25, 0.3) is 0 Å². The van der Waals surface area contributed by atoms with Crippen molar-refractivity contribution in [1.29, 1.82) is 0 Å². The molecule has 3 aromatic rings. The van der Waals surface area contributed by atoms with E-state index in [9.17, 15) is 18.5 Å². The van der Waals surface area contributed by atoms with Gasteiger partial charge in [0.05, 0.1) is 9.82 Å². The van der Waals surface area contributed by atoms with Crippen LogP contribution in [-0.2, 0) is 16.4 Å². The second-order valence-corrected chi connectivity index (χ2v) is 10.3. The molecule has 0 atom stereocenters. The highest BCUT2D eigenvalue weighted by atomic mass is 35.5. The molecule has 0 amide bonds. The molecule has 0 saturated carbocycles. The Morgan fingerprint density at radius 2 is 1.62 bits per heavy atom. The lowest BCUT2D eigenvalue weighted by molar-refractivity contribution is -0.383. The lowest BCUT2D eigenvalue weighted by atomic mass is 10.1. The number of rotatable bonds is 8. The quantitative estimate of drug-likeness (QED) is 0.363. The van der Waals surface area contributed by atoms with Crippen LogP contribution in [0.15, 0.2) is 77.7 Å². The van der Waals surface area contributed by atoms with Gasteiger partial charge in [0.2, 0.25) is 10.0 Å². The number of sulfonamides is 1. The molecule has 1 saturated heterocycles. The van der Waals surface area contributed by atoms with Gasteiger partial charge in [0.15, 0.2) is 0 Å². The van der Waals surface area contributed by atoms with Crippen LogP contribution in [0.2, 0.25) is 5.02 Å². The van der Waals surface area contributed by atoms with E-state index in [0.29, 0.717) is 43.4 Å². The van der Waals surface area contributed by atoms with E-state index >= 15 is 0 Å². The molecule has 1 heterocycles. The van der Waals surface area contributed by atoms with Crippen LogP contribution >= 0.6 is 11.6 Å². The Morgan fingerprint density at radius 3 is 2.26 bits per heavy atom. The maximum atomic E-state index is 12.9. The van der Waals surface area contributed by atoms with Crippen LogP contribution in [0, 0.1) is 10.1 Å². The Morgan fingerprint density at radius 1 is 0.941 bits per heavy atom. The number of anilines is 2. The van der Waals surface area contributed by atoms with E-state index in [-0.39, 0.29) is 10.6 Å². The normalized spacial score (nSPS) is 14.7. The minimum atomic E-state index is -3.60. The highest BCUT2D eigenvalue weighted by molar-refractivity contribution is 7.89. The zero-order valence-corrected chi connectivity index (χ0v) is 20.0. The number of benzene rings is 3. The molecule has 0 spiro atoms. The van der Waals surface area contributed by atoms with Crippen molar-refractivity contribution in [2.24, 2.45) is 0 Å². The lowest BCUT2D eigenvalue weighted by Gasteiger charge is -2.35. The van der Waals surface area contributed by atoms with Gasteiger partial charge in [-0.25, -0.2) is 8.42 Å². The third kappa shape index (κ3) is 5.49.